The third-order valence-electron chi connectivity index (χ3n) is 7.37. The summed E-state index contributed by atoms with van der Waals surface area (Å²) in [6, 6.07) is 6.40. The third kappa shape index (κ3) is 3.90. The van der Waals surface area contributed by atoms with Crippen molar-refractivity contribution in [3.05, 3.63) is 36.2 Å². The summed E-state index contributed by atoms with van der Waals surface area (Å²) in [5.74, 6) is 2.69. The van der Waals surface area contributed by atoms with Crippen LogP contribution in [0.1, 0.15) is 62.7 Å². The van der Waals surface area contributed by atoms with Crippen LogP contribution < -0.4 is 10.2 Å². The molecule has 2 aromatic rings. The van der Waals surface area contributed by atoms with E-state index in [2.05, 4.69) is 34.1 Å². The highest BCUT2D eigenvalue weighted by Gasteiger charge is 2.40. The smallest absolute Gasteiger partial charge is 0.259 e. The van der Waals surface area contributed by atoms with E-state index >= 15 is 0 Å². The predicted octanol–water partition coefficient (Wildman–Crippen LogP) is 3.74. The van der Waals surface area contributed by atoms with Crippen molar-refractivity contribution in [2.24, 2.45) is 5.92 Å². The minimum Gasteiger partial charge on any atom is -0.366 e. The molecule has 1 saturated heterocycles. The number of aromatic nitrogens is 3. The van der Waals surface area contributed by atoms with Gasteiger partial charge in [0.2, 0.25) is 0 Å². The Kier molecular flexibility index (Phi) is 5.36. The van der Waals surface area contributed by atoms with Crippen molar-refractivity contribution in [3.8, 4) is 0 Å². The second-order valence-electron chi connectivity index (χ2n) is 9.95. The van der Waals surface area contributed by atoms with Gasteiger partial charge in [-0.3, -0.25) is 4.79 Å². The number of carbonyl (C=O) groups excluding carboxylic acids is 1. The highest BCUT2D eigenvalue weighted by atomic mass is 16.2. The molecule has 1 unspecified atom stereocenters. The maximum atomic E-state index is 13.5. The molecule has 2 aromatic heterocycles. The molecule has 5 rings (SSSR count). The predicted molar refractivity (Wildman–Crippen MR) is 123 cm³/mol. The van der Waals surface area contributed by atoms with Gasteiger partial charge in [0.05, 0.1) is 11.7 Å². The largest absolute Gasteiger partial charge is 0.366 e. The lowest BCUT2D eigenvalue weighted by atomic mass is 9.78. The Morgan fingerprint density at radius 1 is 1.10 bits per heavy atom. The van der Waals surface area contributed by atoms with Gasteiger partial charge in [0.1, 0.15) is 17.2 Å². The zero-order valence-electron chi connectivity index (χ0n) is 18.8. The zero-order chi connectivity index (χ0) is 21.4. The van der Waals surface area contributed by atoms with Gasteiger partial charge in [-0.25, -0.2) is 9.67 Å². The Morgan fingerprint density at radius 3 is 2.58 bits per heavy atom. The fourth-order valence-corrected chi connectivity index (χ4v) is 5.62. The zero-order valence-corrected chi connectivity index (χ0v) is 18.8. The second kappa shape index (κ2) is 8.17. The molecule has 2 aliphatic heterocycles. The van der Waals surface area contributed by atoms with Crippen molar-refractivity contribution < 1.29 is 4.79 Å². The molecular formula is C24H34N6O. The highest BCUT2D eigenvalue weighted by Crippen LogP contribution is 2.40. The van der Waals surface area contributed by atoms with Crippen molar-refractivity contribution in [1.82, 2.24) is 19.7 Å². The first kappa shape index (κ1) is 20.3. The Morgan fingerprint density at radius 2 is 1.87 bits per heavy atom. The summed E-state index contributed by atoms with van der Waals surface area (Å²) in [6.07, 6.45) is 11.3. The van der Waals surface area contributed by atoms with E-state index in [0.29, 0.717) is 25.0 Å². The molecule has 1 N–H and O–H groups in total. The van der Waals surface area contributed by atoms with Gasteiger partial charge in [-0.05, 0) is 51.2 Å². The number of hydrogen-bond acceptors (Lipinski definition) is 5. The molecular weight excluding hydrogens is 388 g/mol. The number of carbonyl (C=O) groups is 1. The maximum absolute atomic E-state index is 13.5. The minimum absolute atomic E-state index is 0.0844. The van der Waals surface area contributed by atoms with Gasteiger partial charge in [-0.15, -0.1) is 0 Å². The molecule has 1 atom stereocenters. The summed E-state index contributed by atoms with van der Waals surface area (Å²) >= 11 is 0. The Labute approximate surface area is 184 Å². The molecule has 1 saturated carbocycles. The molecule has 0 aromatic carbocycles. The monoisotopic (exact) mass is 422 g/mol. The maximum Gasteiger partial charge on any atom is 0.259 e. The van der Waals surface area contributed by atoms with Crippen LogP contribution in [0.5, 0.6) is 0 Å². The third-order valence-corrected chi connectivity index (χ3v) is 7.37. The number of fused-ring (bicyclic) bond motifs is 1. The molecule has 4 heterocycles. The number of nitrogens with one attached hydrogen (secondary N) is 1. The van der Waals surface area contributed by atoms with E-state index in [1.54, 1.807) is 6.20 Å². The van der Waals surface area contributed by atoms with E-state index in [9.17, 15) is 4.79 Å². The molecule has 7 heteroatoms. The average molecular weight is 423 g/mol. The van der Waals surface area contributed by atoms with Crippen molar-refractivity contribution in [2.45, 2.75) is 64.0 Å². The topological polar surface area (TPSA) is 66.3 Å². The van der Waals surface area contributed by atoms with E-state index in [1.165, 1.54) is 32.1 Å². The van der Waals surface area contributed by atoms with Crippen molar-refractivity contribution >= 4 is 17.5 Å². The molecule has 7 nitrogen and oxygen atoms in total. The lowest BCUT2D eigenvalue weighted by Crippen LogP contribution is -2.49. The van der Waals surface area contributed by atoms with Crippen LogP contribution in [0.15, 0.2) is 30.6 Å². The molecule has 0 bridgehead atoms. The number of piperazine rings is 1. The number of pyridine rings is 1. The van der Waals surface area contributed by atoms with Crippen molar-refractivity contribution in [3.63, 3.8) is 0 Å². The van der Waals surface area contributed by atoms with Gasteiger partial charge >= 0.3 is 0 Å². The lowest BCUT2D eigenvalue weighted by Gasteiger charge is -2.42. The Balaban J connectivity index is 1.32. The second-order valence-corrected chi connectivity index (χ2v) is 9.95. The number of anilines is 2. The lowest BCUT2D eigenvalue weighted by molar-refractivity contribution is 0.0746. The van der Waals surface area contributed by atoms with Gasteiger partial charge < -0.3 is 15.1 Å². The summed E-state index contributed by atoms with van der Waals surface area (Å²) in [5, 5.41) is 8.41. The van der Waals surface area contributed by atoms with E-state index in [-0.39, 0.29) is 11.4 Å². The molecule has 0 spiro atoms. The molecule has 31 heavy (non-hydrogen) atoms. The SMILES string of the molecule is CC1(C)CC(C2CCCCC2)Nc2c(C(=O)N3CCN(c4ccccn4)CC3)cnn21. The summed E-state index contributed by atoms with van der Waals surface area (Å²) in [5.41, 5.74) is 0.638. The number of hydrogen-bond donors (Lipinski definition) is 1. The standard InChI is InChI=1S/C24H34N6O/c1-24(2)16-20(18-8-4-3-5-9-18)27-22-19(17-26-30(22)24)23(31)29-14-12-28(13-15-29)21-10-6-7-11-25-21/h6-7,10-11,17-18,20,27H,3-5,8-9,12-16H2,1-2H3. The molecule has 166 valence electrons. The summed E-state index contributed by atoms with van der Waals surface area (Å²) in [4.78, 5) is 22.1. The fourth-order valence-electron chi connectivity index (χ4n) is 5.62. The van der Waals surface area contributed by atoms with E-state index in [0.717, 1.165) is 36.7 Å². The molecule has 3 aliphatic rings. The van der Waals surface area contributed by atoms with Crippen molar-refractivity contribution in [2.75, 3.05) is 36.4 Å². The summed E-state index contributed by atoms with van der Waals surface area (Å²) in [6.45, 7) is 7.51. The summed E-state index contributed by atoms with van der Waals surface area (Å²) < 4.78 is 2.05. The number of amides is 1. The first-order chi connectivity index (χ1) is 15.0. The quantitative estimate of drug-likeness (QED) is 0.816. The van der Waals surface area contributed by atoms with Gasteiger partial charge in [0, 0.05) is 38.4 Å². The summed E-state index contributed by atoms with van der Waals surface area (Å²) in [7, 11) is 0. The van der Waals surface area contributed by atoms with Crippen LogP contribution in [-0.2, 0) is 5.54 Å². The Hall–Kier alpha value is -2.57. The van der Waals surface area contributed by atoms with Crippen molar-refractivity contribution in [1.29, 1.82) is 0 Å². The van der Waals surface area contributed by atoms with Crippen LogP contribution in [0.2, 0.25) is 0 Å². The first-order valence-corrected chi connectivity index (χ1v) is 11.8. The van der Waals surface area contributed by atoms with Crippen LogP contribution in [0.25, 0.3) is 0 Å². The van der Waals surface area contributed by atoms with Crippen LogP contribution in [0.3, 0.4) is 0 Å². The number of rotatable bonds is 3. The van der Waals surface area contributed by atoms with E-state index in [4.69, 9.17) is 0 Å². The first-order valence-electron chi connectivity index (χ1n) is 11.8. The van der Waals surface area contributed by atoms with Crippen LogP contribution in [0, 0.1) is 5.92 Å². The van der Waals surface area contributed by atoms with Gasteiger partial charge in [-0.1, -0.05) is 25.3 Å². The normalized spacial score (nSPS) is 23.9. The van der Waals surface area contributed by atoms with Gasteiger partial charge in [-0.2, -0.15) is 5.10 Å². The molecule has 1 amide bonds. The molecule has 2 fully saturated rings. The van der Waals surface area contributed by atoms with Crippen LogP contribution >= 0.6 is 0 Å². The van der Waals surface area contributed by atoms with Gasteiger partial charge in [0.25, 0.3) is 5.91 Å². The minimum atomic E-state index is -0.0844. The molecule has 0 radical (unpaired) electrons. The van der Waals surface area contributed by atoms with Gasteiger partial charge in [0.15, 0.2) is 0 Å². The number of nitrogens with zero attached hydrogens (tertiary/aromatic N) is 5. The van der Waals surface area contributed by atoms with Crippen LogP contribution in [0.4, 0.5) is 11.6 Å². The highest BCUT2D eigenvalue weighted by molar-refractivity contribution is 5.99. The average Bonchev–Trinajstić information content (AvgIpc) is 3.25. The van der Waals surface area contributed by atoms with E-state index in [1.807, 2.05) is 34.0 Å². The van der Waals surface area contributed by atoms with E-state index < -0.39 is 0 Å². The Bertz CT molecular complexity index is 909. The molecule has 1 aliphatic carbocycles. The van der Waals surface area contributed by atoms with Crippen LogP contribution in [-0.4, -0.2) is 57.8 Å². The fraction of sp³-hybridized carbons (Fsp3) is 0.625.